The molecular formula is C38H42N2O6. The molecule has 7 rings (SSSR count). The predicted octanol–water partition coefficient (Wildman–Crippen LogP) is 5.77. The predicted molar refractivity (Wildman–Crippen MR) is 177 cm³/mol. The Labute approximate surface area is 271 Å². The second-order valence-corrected chi connectivity index (χ2v) is 12.9. The van der Waals surface area contributed by atoms with Gasteiger partial charge in [-0.15, -0.1) is 0 Å². The van der Waals surface area contributed by atoms with Crippen molar-refractivity contribution >= 4 is 5.78 Å². The van der Waals surface area contributed by atoms with Crippen LogP contribution in [0.25, 0.3) is 0 Å². The van der Waals surface area contributed by atoms with Gasteiger partial charge >= 0.3 is 0 Å². The van der Waals surface area contributed by atoms with E-state index in [0.717, 1.165) is 67.3 Å². The van der Waals surface area contributed by atoms with Crippen LogP contribution >= 0.6 is 0 Å². The number of carbonyl (C=O) groups excluding carboxylic acids is 1. The molecule has 2 aliphatic heterocycles. The third-order valence-corrected chi connectivity index (χ3v) is 10.4. The lowest BCUT2D eigenvalue weighted by Crippen LogP contribution is -2.33. The molecule has 240 valence electrons. The molecular weight excluding hydrogens is 580 g/mol. The summed E-state index contributed by atoms with van der Waals surface area (Å²) in [5, 5.41) is 0. The lowest BCUT2D eigenvalue weighted by Gasteiger charge is -2.35. The number of carbonyl (C=O) groups is 1. The van der Waals surface area contributed by atoms with Crippen molar-refractivity contribution in [3.63, 3.8) is 0 Å². The van der Waals surface area contributed by atoms with Gasteiger partial charge in [0.1, 0.15) is 5.75 Å². The fourth-order valence-electron chi connectivity index (χ4n) is 7.95. The molecule has 0 unspecified atom stereocenters. The van der Waals surface area contributed by atoms with Gasteiger partial charge in [-0.1, -0.05) is 18.2 Å². The molecule has 0 bridgehead atoms. The number of ether oxygens (including phenoxy) is 5. The Hall–Kier alpha value is -4.27. The van der Waals surface area contributed by atoms with Crippen LogP contribution in [0.1, 0.15) is 51.9 Å². The van der Waals surface area contributed by atoms with Crippen LogP contribution in [0.4, 0.5) is 0 Å². The third-order valence-electron chi connectivity index (χ3n) is 10.4. The van der Waals surface area contributed by atoms with Crippen LogP contribution in [0.5, 0.6) is 28.7 Å². The van der Waals surface area contributed by atoms with E-state index >= 15 is 0 Å². The van der Waals surface area contributed by atoms with Crippen molar-refractivity contribution in [1.29, 1.82) is 0 Å². The summed E-state index contributed by atoms with van der Waals surface area (Å²) in [5.41, 5.74) is 6.85. The maximum Gasteiger partial charge on any atom is 0.220 e. The van der Waals surface area contributed by atoms with Gasteiger partial charge in [0.2, 0.25) is 5.78 Å². The molecule has 0 fully saturated rings. The highest BCUT2D eigenvalue weighted by molar-refractivity contribution is 6.04. The lowest BCUT2D eigenvalue weighted by molar-refractivity contribution is -0.113. The third kappa shape index (κ3) is 4.95. The average molecular weight is 623 g/mol. The topological polar surface area (TPSA) is 69.7 Å². The Morgan fingerprint density at radius 1 is 0.826 bits per heavy atom. The first-order valence-corrected chi connectivity index (χ1v) is 16.0. The number of allylic oxidation sites excluding steroid dienone is 3. The first-order valence-electron chi connectivity index (χ1n) is 16.0. The van der Waals surface area contributed by atoms with Gasteiger partial charge in [0.25, 0.3) is 0 Å². The quantitative estimate of drug-likeness (QED) is 0.314. The minimum absolute atomic E-state index is 0.144. The SMILES string of the molecule is COc1cc2c(cc1OC)[C@H](Cc1ccc(OC3=C[C@@]4(C=CC3=O)C[C@@H]3c5c(cc(OC)c(OC)c54)CCN3C)cc1)N(C)CC2. The van der Waals surface area contributed by atoms with E-state index in [-0.39, 0.29) is 17.9 Å². The standard InChI is InChI=1S/C38H42N2O6/c1-39-15-12-24-18-31(42-3)32(43-4)20-27(24)28(39)17-23-7-9-26(10-8-23)46-34-22-38(14-11-30(34)41)21-29-35-25(13-16-40(29)2)19-33(44-5)37(45-6)36(35)38/h7-11,14,18-20,22,28-29H,12-13,15-17,21H2,1-6H3/t28-,29+,38+/m0/s1. The van der Waals surface area contributed by atoms with E-state index < -0.39 is 5.41 Å². The molecule has 1 spiro atoms. The molecule has 8 nitrogen and oxygen atoms in total. The van der Waals surface area contributed by atoms with Gasteiger partial charge in [0, 0.05) is 36.2 Å². The van der Waals surface area contributed by atoms with Crippen molar-refractivity contribution < 1.29 is 28.5 Å². The lowest BCUT2D eigenvalue weighted by atomic mass is 9.77. The number of fused-ring (bicyclic) bond motifs is 2. The number of rotatable bonds is 8. The Balaban J connectivity index is 1.17. The number of hydrogen-bond donors (Lipinski definition) is 0. The van der Waals surface area contributed by atoms with Crippen LogP contribution in [-0.2, 0) is 29.5 Å². The molecule has 4 aliphatic rings. The largest absolute Gasteiger partial charge is 0.493 e. The molecule has 46 heavy (non-hydrogen) atoms. The van der Waals surface area contributed by atoms with Crippen LogP contribution in [-0.4, -0.2) is 71.2 Å². The average Bonchev–Trinajstić information content (AvgIpc) is 3.41. The van der Waals surface area contributed by atoms with Gasteiger partial charge in [-0.3, -0.25) is 14.6 Å². The second kappa shape index (κ2) is 11.8. The fraction of sp³-hybridized carbons (Fsp3) is 0.395. The smallest absolute Gasteiger partial charge is 0.220 e. The van der Waals surface area contributed by atoms with Crippen LogP contribution in [0.3, 0.4) is 0 Å². The highest BCUT2D eigenvalue weighted by Gasteiger charge is 2.50. The van der Waals surface area contributed by atoms with Gasteiger partial charge in [-0.05, 0) is 110 Å². The van der Waals surface area contributed by atoms with E-state index in [0.29, 0.717) is 11.5 Å². The van der Waals surface area contributed by atoms with Crippen molar-refractivity contribution in [2.24, 2.45) is 0 Å². The zero-order valence-corrected chi connectivity index (χ0v) is 27.5. The van der Waals surface area contributed by atoms with Gasteiger partial charge in [-0.25, -0.2) is 0 Å². The summed E-state index contributed by atoms with van der Waals surface area (Å²) in [5.74, 6) is 3.78. The van der Waals surface area contributed by atoms with E-state index in [2.05, 4.69) is 54.2 Å². The maximum atomic E-state index is 13.2. The fourth-order valence-corrected chi connectivity index (χ4v) is 7.95. The first-order chi connectivity index (χ1) is 22.3. The monoisotopic (exact) mass is 622 g/mol. The normalized spacial score (nSPS) is 23.5. The molecule has 2 heterocycles. The second-order valence-electron chi connectivity index (χ2n) is 12.9. The molecule has 0 aromatic heterocycles. The summed E-state index contributed by atoms with van der Waals surface area (Å²) in [6.45, 7) is 1.94. The van der Waals surface area contributed by atoms with E-state index in [1.807, 2.05) is 24.3 Å². The van der Waals surface area contributed by atoms with Crippen molar-refractivity contribution in [1.82, 2.24) is 9.80 Å². The van der Waals surface area contributed by atoms with E-state index in [1.54, 1.807) is 34.5 Å². The minimum atomic E-state index is -0.543. The summed E-state index contributed by atoms with van der Waals surface area (Å²) in [6, 6.07) is 14.9. The molecule has 0 saturated heterocycles. The number of ketones is 1. The molecule has 2 aliphatic carbocycles. The highest BCUT2D eigenvalue weighted by atomic mass is 16.5. The van der Waals surface area contributed by atoms with Crippen molar-refractivity contribution in [2.75, 3.05) is 55.6 Å². The maximum absolute atomic E-state index is 13.2. The van der Waals surface area contributed by atoms with E-state index in [1.165, 1.54) is 27.8 Å². The zero-order valence-electron chi connectivity index (χ0n) is 27.5. The molecule has 0 N–H and O–H groups in total. The highest BCUT2D eigenvalue weighted by Crippen LogP contribution is 2.58. The summed E-state index contributed by atoms with van der Waals surface area (Å²) >= 11 is 0. The van der Waals surface area contributed by atoms with Crippen molar-refractivity contribution in [3.8, 4) is 28.7 Å². The Kier molecular flexibility index (Phi) is 7.81. The number of methoxy groups -OCH3 is 4. The molecule has 0 saturated carbocycles. The van der Waals surface area contributed by atoms with Crippen LogP contribution < -0.4 is 23.7 Å². The van der Waals surface area contributed by atoms with Gasteiger partial charge in [0.15, 0.2) is 28.8 Å². The molecule has 3 aromatic rings. The number of benzene rings is 3. The molecule has 3 aromatic carbocycles. The Morgan fingerprint density at radius 2 is 1.50 bits per heavy atom. The molecule has 8 heteroatoms. The zero-order chi connectivity index (χ0) is 32.2. The first kappa shape index (κ1) is 30.4. The molecule has 0 amide bonds. The minimum Gasteiger partial charge on any atom is -0.493 e. The van der Waals surface area contributed by atoms with Crippen LogP contribution in [0.2, 0.25) is 0 Å². The summed E-state index contributed by atoms with van der Waals surface area (Å²) in [6.07, 6.45) is 9.24. The van der Waals surface area contributed by atoms with Crippen molar-refractivity contribution in [2.45, 2.75) is 43.2 Å². The van der Waals surface area contributed by atoms with Gasteiger partial charge < -0.3 is 23.7 Å². The molecule has 3 atom stereocenters. The number of hydrogen-bond acceptors (Lipinski definition) is 8. The van der Waals surface area contributed by atoms with Crippen LogP contribution in [0, 0.1) is 0 Å². The summed E-state index contributed by atoms with van der Waals surface area (Å²) in [7, 11) is 11.1. The van der Waals surface area contributed by atoms with Gasteiger partial charge in [-0.2, -0.15) is 0 Å². The Morgan fingerprint density at radius 3 is 2.22 bits per heavy atom. The number of likely N-dealkylation sites (N-methyl/N-ethyl adjacent to an activating group) is 2. The summed E-state index contributed by atoms with van der Waals surface area (Å²) in [4.78, 5) is 18.0. The van der Waals surface area contributed by atoms with Gasteiger partial charge in [0.05, 0.1) is 28.4 Å². The van der Waals surface area contributed by atoms with E-state index in [9.17, 15) is 4.79 Å². The summed E-state index contributed by atoms with van der Waals surface area (Å²) < 4.78 is 29.3. The number of nitrogens with zero attached hydrogens (tertiary/aromatic N) is 2. The van der Waals surface area contributed by atoms with Crippen molar-refractivity contribution in [3.05, 3.63) is 99.8 Å². The van der Waals surface area contributed by atoms with Crippen LogP contribution in [0.15, 0.2) is 66.5 Å². The van der Waals surface area contributed by atoms with E-state index in [4.69, 9.17) is 23.7 Å². The Bertz CT molecular complexity index is 1740. The molecule has 0 radical (unpaired) electrons.